The van der Waals surface area contributed by atoms with E-state index in [9.17, 15) is 19.5 Å². The molecule has 340 valence electrons. The van der Waals surface area contributed by atoms with Crippen LogP contribution in [0.1, 0.15) is 226 Å². The highest BCUT2D eigenvalue weighted by atomic mass is 16.6. The Labute approximate surface area is 358 Å². The molecule has 8 heteroatoms. The van der Waals surface area contributed by atoms with Crippen LogP contribution >= 0.6 is 0 Å². The second kappa shape index (κ2) is 41.5. The highest BCUT2D eigenvalue weighted by molar-refractivity contribution is 5.72. The fraction of sp³-hybridized carbons (Fsp3) is 0.860. The first kappa shape index (κ1) is 55.8. The van der Waals surface area contributed by atoms with E-state index in [-0.39, 0.29) is 36.2 Å². The molecule has 0 rings (SSSR count). The summed E-state index contributed by atoms with van der Waals surface area (Å²) >= 11 is 0. The zero-order valence-corrected chi connectivity index (χ0v) is 38.8. The van der Waals surface area contributed by atoms with E-state index in [0.29, 0.717) is 19.3 Å². The number of allylic oxidation sites excluding steroid dienone is 4. The molecule has 0 aliphatic carbocycles. The van der Waals surface area contributed by atoms with E-state index in [1.165, 1.54) is 141 Å². The Bertz CT molecular complexity index is 1000. The van der Waals surface area contributed by atoms with Gasteiger partial charge in [0.1, 0.15) is 6.61 Å². The van der Waals surface area contributed by atoms with Gasteiger partial charge in [-0.1, -0.05) is 167 Å². The van der Waals surface area contributed by atoms with Crippen molar-refractivity contribution in [1.29, 1.82) is 0 Å². The van der Waals surface area contributed by atoms with Gasteiger partial charge < -0.3 is 23.8 Å². The first-order valence-corrected chi connectivity index (χ1v) is 24.4. The van der Waals surface area contributed by atoms with Crippen molar-refractivity contribution >= 4 is 17.9 Å². The minimum atomic E-state index is -0.875. The van der Waals surface area contributed by atoms with E-state index in [4.69, 9.17) is 14.2 Å². The topological polar surface area (TPSA) is 99.1 Å². The summed E-state index contributed by atoms with van der Waals surface area (Å²) in [5.41, 5.74) is 0. The second-order valence-corrected chi connectivity index (χ2v) is 17.7. The largest absolute Gasteiger partial charge is 0.477 e. The van der Waals surface area contributed by atoms with E-state index in [1.54, 1.807) is 0 Å². The fourth-order valence-electron chi connectivity index (χ4n) is 7.26. The molecule has 0 aromatic carbocycles. The van der Waals surface area contributed by atoms with Crippen molar-refractivity contribution < 1.29 is 38.2 Å². The molecule has 0 spiro atoms. The molecule has 0 aromatic rings. The van der Waals surface area contributed by atoms with Gasteiger partial charge in [-0.2, -0.15) is 0 Å². The number of ether oxygens (including phenoxy) is 3. The van der Waals surface area contributed by atoms with Crippen LogP contribution in [0.4, 0.5) is 0 Å². The van der Waals surface area contributed by atoms with Crippen molar-refractivity contribution in [2.75, 3.05) is 41.0 Å². The Balaban J connectivity index is 4.20. The molecule has 2 unspecified atom stereocenters. The Morgan fingerprint density at radius 1 is 0.500 bits per heavy atom. The van der Waals surface area contributed by atoms with Gasteiger partial charge in [0.15, 0.2) is 12.1 Å². The molecule has 0 fully saturated rings. The summed E-state index contributed by atoms with van der Waals surface area (Å²) in [6.07, 6.45) is 46.6. The van der Waals surface area contributed by atoms with E-state index in [1.807, 2.05) is 21.1 Å². The van der Waals surface area contributed by atoms with Gasteiger partial charge >= 0.3 is 17.9 Å². The van der Waals surface area contributed by atoms with E-state index in [2.05, 4.69) is 38.2 Å². The maximum Gasteiger partial charge on any atom is 0.362 e. The number of likely N-dealkylation sites (N-methyl/N-ethyl adjacent to an activating group) is 1. The Morgan fingerprint density at radius 3 is 1.28 bits per heavy atom. The summed E-state index contributed by atoms with van der Waals surface area (Å²) in [5.74, 6) is -1.47. The maximum absolute atomic E-state index is 12.7. The Kier molecular flexibility index (Phi) is 40.0. The number of esters is 2. The smallest absolute Gasteiger partial charge is 0.362 e. The summed E-state index contributed by atoms with van der Waals surface area (Å²) in [6, 6.07) is -0.614. The summed E-state index contributed by atoms with van der Waals surface area (Å²) in [5, 5.41) is 9.63. The summed E-state index contributed by atoms with van der Waals surface area (Å²) in [6.45, 7) is 4.72. The summed E-state index contributed by atoms with van der Waals surface area (Å²) in [7, 11) is 5.53. The molecule has 0 aliphatic heterocycles. The predicted octanol–water partition coefficient (Wildman–Crippen LogP) is 13.6. The average molecular weight is 821 g/mol. The van der Waals surface area contributed by atoms with Gasteiger partial charge in [0.05, 0.1) is 34.4 Å². The van der Waals surface area contributed by atoms with Crippen molar-refractivity contribution in [1.82, 2.24) is 0 Å². The number of quaternary nitrogens is 1. The van der Waals surface area contributed by atoms with E-state index in [0.717, 1.165) is 51.4 Å². The van der Waals surface area contributed by atoms with Crippen molar-refractivity contribution in [2.24, 2.45) is 0 Å². The molecule has 8 nitrogen and oxygen atoms in total. The Hall–Kier alpha value is -2.19. The number of carboxylic acid groups (broad SMARTS) is 1. The predicted molar refractivity (Wildman–Crippen MR) is 243 cm³/mol. The van der Waals surface area contributed by atoms with Crippen LogP contribution in [-0.4, -0.2) is 80.6 Å². The van der Waals surface area contributed by atoms with Crippen LogP contribution in [0.15, 0.2) is 24.3 Å². The third kappa shape index (κ3) is 39.3. The molecular formula is C50H94NO7+. The molecule has 58 heavy (non-hydrogen) atoms. The molecule has 2 atom stereocenters. The van der Waals surface area contributed by atoms with Gasteiger partial charge in [-0.15, -0.1) is 0 Å². The number of aliphatic carboxylic acids is 1. The number of carboxylic acids is 1. The summed E-state index contributed by atoms with van der Waals surface area (Å²) in [4.78, 5) is 37.0. The lowest BCUT2D eigenvalue weighted by Crippen LogP contribution is -2.50. The van der Waals surface area contributed by atoms with Gasteiger partial charge in [0, 0.05) is 19.3 Å². The van der Waals surface area contributed by atoms with Gasteiger partial charge in [-0.05, 0) is 64.2 Å². The van der Waals surface area contributed by atoms with Gasteiger partial charge in [0.25, 0.3) is 0 Å². The molecule has 0 bridgehead atoms. The first-order valence-electron chi connectivity index (χ1n) is 24.4. The van der Waals surface area contributed by atoms with Crippen LogP contribution in [0.25, 0.3) is 0 Å². The van der Waals surface area contributed by atoms with Crippen LogP contribution in [0.3, 0.4) is 0 Å². The first-order chi connectivity index (χ1) is 28.1. The molecule has 0 saturated heterocycles. The lowest BCUT2D eigenvalue weighted by molar-refractivity contribution is -0.887. The number of carbonyl (C=O) groups is 3. The molecular weight excluding hydrogens is 727 g/mol. The SMILES string of the molecule is CCCCC/C=C/CCCCCCCC(=O)OC(COCCC(C(=O)O)[N+](C)(C)C)COC(=O)CCCCCCCCC/C=C/CCCCCCCCCCCCC. The van der Waals surface area contributed by atoms with Crippen molar-refractivity contribution in [3.05, 3.63) is 24.3 Å². The molecule has 0 saturated carbocycles. The van der Waals surface area contributed by atoms with Gasteiger partial charge in [-0.3, -0.25) is 9.59 Å². The quantitative estimate of drug-likeness (QED) is 0.0283. The van der Waals surface area contributed by atoms with Crippen LogP contribution in [0, 0.1) is 0 Å². The van der Waals surface area contributed by atoms with Gasteiger partial charge in [0.2, 0.25) is 0 Å². The van der Waals surface area contributed by atoms with Crippen molar-refractivity contribution in [3.63, 3.8) is 0 Å². The van der Waals surface area contributed by atoms with Crippen LogP contribution < -0.4 is 0 Å². The lowest BCUT2D eigenvalue weighted by Gasteiger charge is -2.31. The molecule has 0 aliphatic rings. The number of hydrogen-bond acceptors (Lipinski definition) is 6. The minimum absolute atomic E-state index is 0.0536. The number of nitrogens with zero attached hydrogens (tertiary/aromatic N) is 1. The molecule has 0 radical (unpaired) electrons. The molecule has 0 aromatic heterocycles. The zero-order valence-electron chi connectivity index (χ0n) is 38.8. The number of unbranched alkanes of at least 4 members (excludes halogenated alkanes) is 26. The highest BCUT2D eigenvalue weighted by Gasteiger charge is 2.31. The second-order valence-electron chi connectivity index (χ2n) is 17.7. The average Bonchev–Trinajstić information content (AvgIpc) is 3.18. The third-order valence-electron chi connectivity index (χ3n) is 11.1. The molecule has 0 heterocycles. The third-order valence-corrected chi connectivity index (χ3v) is 11.1. The van der Waals surface area contributed by atoms with Gasteiger partial charge in [-0.25, -0.2) is 4.79 Å². The number of carbonyl (C=O) groups excluding carboxylic acids is 2. The van der Waals surface area contributed by atoms with Crippen LogP contribution in [-0.2, 0) is 28.6 Å². The normalized spacial score (nSPS) is 13.1. The van der Waals surface area contributed by atoms with E-state index >= 15 is 0 Å². The Morgan fingerprint density at radius 2 is 0.862 bits per heavy atom. The fourth-order valence-corrected chi connectivity index (χ4v) is 7.26. The van der Waals surface area contributed by atoms with Crippen molar-refractivity contribution in [2.45, 2.75) is 238 Å². The standard InChI is InChI=1S/C50H93NO7/c1-6-8-10-12-14-16-18-20-21-22-23-24-25-26-27-28-29-31-32-34-36-38-40-48(52)57-45-46(44-56-43-42-47(50(54)55)51(3,4)5)58-49(53)41-39-37-35-33-30-19-17-15-13-11-9-7-2/h15,17,25-26,46-47H,6-14,16,18-24,27-45H2,1-5H3/p+1/b17-15+,26-25+. The van der Waals surface area contributed by atoms with E-state index < -0.39 is 18.1 Å². The molecule has 0 amide bonds. The minimum Gasteiger partial charge on any atom is -0.477 e. The maximum atomic E-state index is 12.7. The molecule has 1 N–H and O–H groups in total. The summed E-state index contributed by atoms with van der Waals surface area (Å²) < 4.78 is 17.3. The van der Waals surface area contributed by atoms with Crippen molar-refractivity contribution in [3.8, 4) is 0 Å². The number of rotatable bonds is 44. The monoisotopic (exact) mass is 821 g/mol. The lowest BCUT2D eigenvalue weighted by atomic mass is 10.0. The highest BCUT2D eigenvalue weighted by Crippen LogP contribution is 2.15. The van der Waals surface area contributed by atoms with Crippen LogP contribution in [0.2, 0.25) is 0 Å². The number of hydrogen-bond donors (Lipinski definition) is 1. The zero-order chi connectivity index (χ0) is 42.8. The van der Waals surface area contributed by atoms with Crippen LogP contribution in [0.5, 0.6) is 0 Å².